The molecule has 1 fully saturated rings. The van der Waals surface area contributed by atoms with Crippen LogP contribution in [0.15, 0.2) is 18.2 Å². The molecule has 1 heterocycles. The molecule has 1 N–H and O–H groups in total. The summed E-state index contributed by atoms with van der Waals surface area (Å²) in [6.45, 7) is 0.0800. The largest absolute Gasteiger partial charge is 0.493 e. The molecule has 0 bridgehead atoms. The molecule has 0 spiro atoms. The van der Waals surface area contributed by atoms with Gasteiger partial charge in [-0.1, -0.05) is 6.07 Å². The molecule has 1 saturated heterocycles. The number of carboxylic acids is 1. The van der Waals surface area contributed by atoms with Crippen molar-refractivity contribution in [3.05, 3.63) is 23.8 Å². The van der Waals surface area contributed by atoms with Gasteiger partial charge in [0.25, 0.3) is 5.92 Å². The third kappa shape index (κ3) is 3.47. The molecular formula is C15H19F2NO4. The fraction of sp³-hybridized carbons (Fsp3) is 0.533. The lowest BCUT2D eigenvalue weighted by atomic mass is 9.99. The van der Waals surface area contributed by atoms with Crippen LogP contribution in [0.3, 0.4) is 0 Å². The highest BCUT2D eigenvalue weighted by Crippen LogP contribution is 2.35. The van der Waals surface area contributed by atoms with Gasteiger partial charge in [0.05, 0.1) is 14.2 Å². The summed E-state index contributed by atoms with van der Waals surface area (Å²) in [5.41, 5.74) is 0.482. The summed E-state index contributed by atoms with van der Waals surface area (Å²) >= 11 is 0. The van der Waals surface area contributed by atoms with E-state index in [1.165, 1.54) is 14.2 Å². The summed E-state index contributed by atoms with van der Waals surface area (Å²) in [4.78, 5) is 13.2. The minimum absolute atomic E-state index is 0.0400. The lowest BCUT2D eigenvalue weighted by Crippen LogP contribution is -2.43. The average Bonchev–Trinajstić information content (AvgIpc) is 2.48. The minimum Gasteiger partial charge on any atom is -0.493 e. The molecule has 1 aliphatic heterocycles. The number of halogens is 2. The van der Waals surface area contributed by atoms with Gasteiger partial charge in [0.15, 0.2) is 11.5 Å². The monoisotopic (exact) mass is 315 g/mol. The second-order valence-corrected chi connectivity index (χ2v) is 5.25. The number of carboxylic acid groups (broad SMARTS) is 1. The zero-order chi connectivity index (χ0) is 16.3. The SMILES string of the molecule is COc1ccc(C(C(=O)O)N2CCC(F)(F)CC2)cc1OC. The molecule has 1 unspecified atom stereocenters. The quantitative estimate of drug-likeness (QED) is 0.905. The van der Waals surface area contributed by atoms with E-state index in [-0.39, 0.29) is 25.9 Å². The Morgan fingerprint density at radius 1 is 1.23 bits per heavy atom. The molecule has 1 aromatic rings. The van der Waals surface area contributed by atoms with Crippen molar-refractivity contribution in [1.29, 1.82) is 0 Å². The topological polar surface area (TPSA) is 59.0 Å². The molecule has 122 valence electrons. The standard InChI is InChI=1S/C15H19F2NO4/c1-21-11-4-3-10(9-12(11)22-2)13(14(19)20)18-7-5-15(16,17)6-8-18/h3-4,9,13H,5-8H2,1-2H3,(H,19,20). The molecular weight excluding hydrogens is 296 g/mol. The first-order chi connectivity index (χ1) is 10.4. The van der Waals surface area contributed by atoms with Gasteiger partial charge in [-0.25, -0.2) is 8.78 Å². The molecule has 1 aliphatic rings. The first-order valence-electron chi connectivity index (χ1n) is 6.94. The highest BCUT2D eigenvalue weighted by molar-refractivity contribution is 5.76. The average molecular weight is 315 g/mol. The molecule has 0 aromatic heterocycles. The molecule has 0 amide bonds. The van der Waals surface area contributed by atoms with Crippen LogP contribution in [0, 0.1) is 0 Å². The number of alkyl halides is 2. The summed E-state index contributed by atoms with van der Waals surface area (Å²) in [6.07, 6.45) is -0.659. The fourth-order valence-electron chi connectivity index (χ4n) is 2.64. The molecule has 0 saturated carbocycles. The van der Waals surface area contributed by atoms with E-state index in [1.54, 1.807) is 23.1 Å². The Kier molecular flexibility index (Phi) is 4.85. The van der Waals surface area contributed by atoms with Gasteiger partial charge >= 0.3 is 5.97 Å². The summed E-state index contributed by atoms with van der Waals surface area (Å²) in [7, 11) is 2.94. The smallest absolute Gasteiger partial charge is 0.325 e. The van der Waals surface area contributed by atoms with Gasteiger partial charge in [-0.15, -0.1) is 0 Å². The predicted molar refractivity (Wildman–Crippen MR) is 75.7 cm³/mol. The number of piperidine rings is 1. The second-order valence-electron chi connectivity index (χ2n) is 5.25. The Hall–Kier alpha value is -1.89. The van der Waals surface area contributed by atoms with Crippen LogP contribution in [0.1, 0.15) is 24.4 Å². The molecule has 22 heavy (non-hydrogen) atoms. The highest BCUT2D eigenvalue weighted by atomic mass is 19.3. The normalized spacial score (nSPS) is 19.5. The number of nitrogens with zero attached hydrogens (tertiary/aromatic N) is 1. The number of hydrogen-bond acceptors (Lipinski definition) is 4. The Bertz CT molecular complexity index is 540. The van der Waals surface area contributed by atoms with E-state index >= 15 is 0 Å². The lowest BCUT2D eigenvalue weighted by Gasteiger charge is -2.35. The van der Waals surface area contributed by atoms with Crippen molar-refractivity contribution in [2.24, 2.45) is 0 Å². The van der Waals surface area contributed by atoms with Crippen molar-refractivity contribution in [3.63, 3.8) is 0 Å². The van der Waals surface area contributed by atoms with Gasteiger partial charge in [-0.2, -0.15) is 0 Å². The Labute approximate surface area is 127 Å². The van der Waals surface area contributed by atoms with E-state index in [9.17, 15) is 18.7 Å². The third-order valence-electron chi connectivity index (χ3n) is 3.85. The van der Waals surface area contributed by atoms with Gasteiger partial charge in [-0.3, -0.25) is 9.69 Å². The van der Waals surface area contributed by atoms with E-state index in [0.29, 0.717) is 17.1 Å². The van der Waals surface area contributed by atoms with Gasteiger partial charge in [0, 0.05) is 25.9 Å². The number of benzene rings is 1. The first-order valence-corrected chi connectivity index (χ1v) is 6.94. The molecule has 0 aliphatic carbocycles. The van der Waals surface area contributed by atoms with E-state index in [1.807, 2.05) is 0 Å². The molecule has 5 nitrogen and oxygen atoms in total. The number of aliphatic carboxylic acids is 1. The Balaban J connectivity index is 2.27. The van der Waals surface area contributed by atoms with Gasteiger partial charge in [0.1, 0.15) is 6.04 Å². The number of hydrogen-bond donors (Lipinski definition) is 1. The fourth-order valence-corrected chi connectivity index (χ4v) is 2.64. The Morgan fingerprint density at radius 3 is 2.32 bits per heavy atom. The summed E-state index contributed by atoms with van der Waals surface area (Å²) in [6, 6.07) is 3.83. The molecule has 2 rings (SSSR count). The first kappa shape index (κ1) is 16.5. The predicted octanol–water partition coefficient (Wildman–Crippen LogP) is 2.56. The number of methoxy groups -OCH3 is 2. The van der Waals surface area contributed by atoms with Crippen molar-refractivity contribution >= 4 is 5.97 Å². The zero-order valence-electron chi connectivity index (χ0n) is 12.5. The lowest BCUT2D eigenvalue weighted by molar-refractivity contribution is -0.146. The molecule has 0 radical (unpaired) electrons. The van der Waals surface area contributed by atoms with Crippen LogP contribution in [0.2, 0.25) is 0 Å². The van der Waals surface area contributed by atoms with Crippen LogP contribution >= 0.6 is 0 Å². The van der Waals surface area contributed by atoms with Gasteiger partial charge in [0.2, 0.25) is 0 Å². The van der Waals surface area contributed by atoms with Crippen molar-refractivity contribution in [2.75, 3.05) is 27.3 Å². The molecule has 1 atom stereocenters. The van der Waals surface area contributed by atoms with E-state index in [0.717, 1.165) is 0 Å². The van der Waals surface area contributed by atoms with Crippen molar-refractivity contribution < 1.29 is 28.2 Å². The summed E-state index contributed by atoms with van der Waals surface area (Å²) in [5, 5.41) is 9.50. The third-order valence-corrected chi connectivity index (χ3v) is 3.85. The number of carbonyl (C=O) groups is 1. The van der Waals surface area contributed by atoms with Crippen molar-refractivity contribution in [3.8, 4) is 11.5 Å². The maximum absolute atomic E-state index is 13.3. The van der Waals surface area contributed by atoms with Crippen LogP contribution in [-0.2, 0) is 4.79 Å². The van der Waals surface area contributed by atoms with Gasteiger partial charge < -0.3 is 14.6 Å². The van der Waals surface area contributed by atoms with Crippen molar-refractivity contribution in [1.82, 2.24) is 4.90 Å². The molecule has 7 heteroatoms. The van der Waals surface area contributed by atoms with Crippen LogP contribution in [-0.4, -0.2) is 49.2 Å². The maximum Gasteiger partial charge on any atom is 0.325 e. The van der Waals surface area contributed by atoms with E-state index < -0.39 is 17.9 Å². The zero-order valence-corrected chi connectivity index (χ0v) is 12.5. The highest BCUT2D eigenvalue weighted by Gasteiger charge is 2.38. The maximum atomic E-state index is 13.3. The number of likely N-dealkylation sites (tertiary alicyclic amines) is 1. The van der Waals surface area contributed by atoms with Crippen molar-refractivity contribution in [2.45, 2.75) is 24.8 Å². The van der Waals surface area contributed by atoms with Crippen LogP contribution in [0.5, 0.6) is 11.5 Å². The second kappa shape index (κ2) is 6.48. The Morgan fingerprint density at radius 2 is 1.82 bits per heavy atom. The van der Waals surface area contributed by atoms with Crippen LogP contribution < -0.4 is 9.47 Å². The van der Waals surface area contributed by atoms with E-state index in [4.69, 9.17) is 9.47 Å². The minimum atomic E-state index is -2.71. The molecule has 1 aromatic carbocycles. The summed E-state index contributed by atoms with van der Waals surface area (Å²) in [5.74, 6) is -2.89. The summed E-state index contributed by atoms with van der Waals surface area (Å²) < 4.78 is 36.8. The van der Waals surface area contributed by atoms with Crippen LogP contribution in [0.25, 0.3) is 0 Å². The number of ether oxygens (including phenoxy) is 2. The van der Waals surface area contributed by atoms with Crippen LogP contribution in [0.4, 0.5) is 8.78 Å². The van der Waals surface area contributed by atoms with E-state index in [2.05, 4.69) is 0 Å². The number of rotatable bonds is 5. The van der Waals surface area contributed by atoms with Gasteiger partial charge in [-0.05, 0) is 17.7 Å².